The number of fused-ring (bicyclic) bond motifs is 3. The lowest BCUT2D eigenvalue weighted by atomic mass is 9.97. The van der Waals surface area contributed by atoms with Gasteiger partial charge in [-0.05, 0) is 44.5 Å². The molecule has 1 aliphatic rings. The molecule has 1 aliphatic heterocycles. The van der Waals surface area contributed by atoms with Crippen LogP contribution in [0.2, 0.25) is 0 Å². The van der Waals surface area contributed by atoms with Crippen LogP contribution in [-0.2, 0) is 0 Å². The minimum Gasteiger partial charge on any atom is -0.496 e. The summed E-state index contributed by atoms with van der Waals surface area (Å²) in [5.74, 6) is 1.99. The molecule has 1 N–H and O–H groups in total. The van der Waals surface area contributed by atoms with Crippen LogP contribution in [0.3, 0.4) is 0 Å². The fourth-order valence-corrected chi connectivity index (χ4v) is 3.95. The summed E-state index contributed by atoms with van der Waals surface area (Å²) in [6.45, 7) is 6.25. The van der Waals surface area contributed by atoms with E-state index in [0.29, 0.717) is 17.2 Å². The Morgan fingerprint density at radius 3 is 2.21 bits per heavy atom. The van der Waals surface area contributed by atoms with E-state index >= 15 is 0 Å². The Labute approximate surface area is 165 Å². The molecule has 28 heavy (non-hydrogen) atoms. The molecule has 0 radical (unpaired) electrons. The van der Waals surface area contributed by atoms with E-state index in [0.717, 1.165) is 28.2 Å². The maximum absolute atomic E-state index is 5.68. The predicted molar refractivity (Wildman–Crippen MR) is 110 cm³/mol. The van der Waals surface area contributed by atoms with E-state index in [2.05, 4.69) is 37.4 Å². The van der Waals surface area contributed by atoms with Crippen molar-refractivity contribution >= 4 is 5.69 Å². The first-order valence-electron chi connectivity index (χ1n) is 9.21. The molecule has 0 aliphatic carbocycles. The maximum atomic E-state index is 5.68. The molecule has 1 unspecified atom stereocenters. The fourth-order valence-electron chi connectivity index (χ4n) is 3.95. The normalized spacial score (nSPS) is 14.7. The van der Waals surface area contributed by atoms with Crippen molar-refractivity contribution in [2.45, 2.75) is 26.9 Å². The zero-order valence-corrected chi connectivity index (χ0v) is 17.1. The molecule has 3 aromatic rings. The Morgan fingerprint density at radius 1 is 0.857 bits per heavy atom. The van der Waals surface area contributed by atoms with Crippen LogP contribution in [0.1, 0.15) is 28.6 Å². The van der Waals surface area contributed by atoms with Gasteiger partial charge < -0.3 is 19.5 Å². The van der Waals surface area contributed by atoms with Crippen LogP contribution in [0.25, 0.3) is 11.3 Å². The van der Waals surface area contributed by atoms with Crippen LogP contribution in [0.5, 0.6) is 17.2 Å². The Balaban J connectivity index is 1.95. The summed E-state index contributed by atoms with van der Waals surface area (Å²) in [6.07, 6.45) is -0.229. The highest BCUT2D eigenvalue weighted by atomic mass is 16.5. The average Bonchev–Trinajstić information content (AvgIpc) is 3.08. The molecule has 146 valence electrons. The van der Waals surface area contributed by atoms with Crippen molar-refractivity contribution in [3.8, 4) is 28.5 Å². The molecule has 2 aromatic carbocycles. The highest BCUT2D eigenvalue weighted by Gasteiger charge is 2.30. The largest absolute Gasteiger partial charge is 0.496 e. The standard InChI is InChI=1S/C22H25N3O3/c1-12-7-13(2)21-15(8-12)17-9-14(3)24-25(17)22(23-21)16-10-19(27-5)20(28-6)11-18(16)26-4/h7-11,22-23H,1-6H3. The number of benzene rings is 2. The third-order valence-corrected chi connectivity index (χ3v) is 5.17. The molecule has 0 bridgehead atoms. The molecule has 0 amide bonds. The van der Waals surface area contributed by atoms with Crippen LogP contribution in [0, 0.1) is 20.8 Å². The topological polar surface area (TPSA) is 57.5 Å². The molecule has 0 saturated carbocycles. The molecule has 6 heteroatoms. The van der Waals surface area contributed by atoms with Gasteiger partial charge in [-0.1, -0.05) is 11.6 Å². The van der Waals surface area contributed by atoms with E-state index in [1.165, 1.54) is 11.1 Å². The molecule has 0 spiro atoms. The number of aryl methyl sites for hydroxylation is 3. The minimum atomic E-state index is -0.229. The summed E-state index contributed by atoms with van der Waals surface area (Å²) in [6, 6.07) is 10.3. The highest BCUT2D eigenvalue weighted by molar-refractivity contribution is 5.82. The summed E-state index contributed by atoms with van der Waals surface area (Å²) in [5, 5.41) is 8.43. The monoisotopic (exact) mass is 379 g/mol. The van der Waals surface area contributed by atoms with Gasteiger partial charge in [0.2, 0.25) is 0 Å². The zero-order chi connectivity index (χ0) is 20.0. The SMILES string of the molecule is COc1cc(OC)c(C2Nc3c(C)cc(C)cc3-c3cc(C)nn32)cc1OC. The summed E-state index contributed by atoms with van der Waals surface area (Å²) < 4.78 is 18.7. The van der Waals surface area contributed by atoms with Crippen molar-refractivity contribution in [2.75, 3.05) is 26.6 Å². The van der Waals surface area contributed by atoms with Crippen molar-refractivity contribution in [1.29, 1.82) is 0 Å². The molecular formula is C22H25N3O3. The van der Waals surface area contributed by atoms with Gasteiger partial charge in [0.25, 0.3) is 0 Å². The van der Waals surface area contributed by atoms with Crippen LogP contribution in [-0.4, -0.2) is 31.1 Å². The van der Waals surface area contributed by atoms with E-state index in [1.807, 2.05) is 23.7 Å². The van der Waals surface area contributed by atoms with Crippen molar-refractivity contribution in [3.63, 3.8) is 0 Å². The second-order valence-corrected chi connectivity index (χ2v) is 7.12. The van der Waals surface area contributed by atoms with Gasteiger partial charge in [0.05, 0.1) is 32.7 Å². The number of anilines is 1. The quantitative estimate of drug-likeness (QED) is 0.725. The third kappa shape index (κ3) is 2.76. The summed E-state index contributed by atoms with van der Waals surface area (Å²) in [4.78, 5) is 0. The number of aromatic nitrogens is 2. The summed E-state index contributed by atoms with van der Waals surface area (Å²) in [5.41, 5.74) is 7.67. The maximum Gasteiger partial charge on any atom is 0.164 e. The highest BCUT2D eigenvalue weighted by Crippen LogP contribution is 2.45. The van der Waals surface area contributed by atoms with Gasteiger partial charge in [-0.3, -0.25) is 0 Å². The lowest BCUT2D eigenvalue weighted by molar-refractivity contribution is 0.345. The number of nitrogens with one attached hydrogen (secondary N) is 1. The van der Waals surface area contributed by atoms with E-state index in [-0.39, 0.29) is 6.17 Å². The fraction of sp³-hybridized carbons (Fsp3) is 0.318. The van der Waals surface area contributed by atoms with E-state index in [4.69, 9.17) is 19.3 Å². The number of rotatable bonds is 4. The van der Waals surface area contributed by atoms with Gasteiger partial charge in [-0.25, -0.2) is 4.68 Å². The smallest absolute Gasteiger partial charge is 0.164 e. The molecular weight excluding hydrogens is 354 g/mol. The van der Waals surface area contributed by atoms with Gasteiger partial charge in [0.1, 0.15) is 5.75 Å². The van der Waals surface area contributed by atoms with Crippen molar-refractivity contribution < 1.29 is 14.2 Å². The van der Waals surface area contributed by atoms with Crippen molar-refractivity contribution in [3.05, 3.63) is 52.7 Å². The summed E-state index contributed by atoms with van der Waals surface area (Å²) in [7, 11) is 4.91. The minimum absolute atomic E-state index is 0.229. The van der Waals surface area contributed by atoms with E-state index in [9.17, 15) is 0 Å². The number of hydrogen-bond donors (Lipinski definition) is 1. The Hall–Kier alpha value is -3.15. The Kier molecular flexibility index (Phi) is 4.41. The molecule has 0 saturated heterocycles. The van der Waals surface area contributed by atoms with Gasteiger partial charge in [-0.2, -0.15) is 5.10 Å². The van der Waals surface area contributed by atoms with Crippen molar-refractivity contribution in [2.24, 2.45) is 0 Å². The van der Waals surface area contributed by atoms with Crippen LogP contribution < -0.4 is 19.5 Å². The lowest BCUT2D eigenvalue weighted by Gasteiger charge is -2.31. The van der Waals surface area contributed by atoms with Crippen LogP contribution in [0.4, 0.5) is 5.69 Å². The van der Waals surface area contributed by atoms with Crippen LogP contribution in [0.15, 0.2) is 30.3 Å². The van der Waals surface area contributed by atoms with Gasteiger partial charge in [0, 0.05) is 22.9 Å². The van der Waals surface area contributed by atoms with E-state index in [1.54, 1.807) is 21.3 Å². The summed E-state index contributed by atoms with van der Waals surface area (Å²) >= 11 is 0. The molecule has 1 aromatic heterocycles. The number of ether oxygens (including phenoxy) is 3. The van der Waals surface area contributed by atoms with Crippen LogP contribution >= 0.6 is 0 Å². The number of methoxy groups -OCH3 is 3. The Bertz CT molecular complexity index is 1060. The first kappa shape index (κ1) is 18.2. The molecule has 6 nitrogen and oxygen atoms in total. The second-order valence-electron chi connectivity index (χ2n) is 7.12. The number of hydrogen-bond acceptors (Lipinski definition) is 5. The molecule has 2 heterocycles. The van der Waals surface area contributed by atoms with Crippen molar-refractivity contribution in [1.82, 2.24) is 9.78 Å². The predicted octanol–water partition coefficient (Wildman–Crippen LogP) is 4.47. The Morgan fingerprint density at radius 2 is 1.54 bits per heavy atom. The van der Waals surface area contributed by atoms with Gasteiger partial charge in [-0.15, -0.1) is 0 Å². The van der Waals surface area contributed by atoms with Gasteiger partial charge >= 0.3 is 0 Å². The lowest BCUT2D eigenvalue weighted by Crippen LogP contribution is -2.27. The molecule has 4 rings (SSSR count). The zero-order valence-electron chi connectivity index (χ0n) is 17.1. The first-order valence-corrected chi connectivity index (χ1v) is 9.21. The average molecular weight is 379 g/mol. The second kappa shape index (κ2) is 6.78. The van der Waals surface area contributed by atoms with Gasteiger partial charge in [0.15, 0.2) is 17.7 Å². The molecule has 0 fully saturated rings. The van der Waals surface area contributed by atoms with E-state index < -0.39 is 0 Å². The first-order chi connectivity index (χ1) is 13.5. The number of nitrogens with zero attached hydrogens (tertiary/aromatic N) is 2. The molecule has 1 atom stereocenters. The third-order valence-electron chi connectivity index (χ3n) is 5.17.